The molecule has 24 heavy (non-hydrogen) atoms. The first-order chi connectivity index (χ1) is 11.4. The average Bonchev–Trinajstić information content (AvgIpc) is 2.54. The number of hydrogen-bond donors (Lipinski definition) is 0. The summed E-state index contributed by atoms with van der Waals surface area (Å²) in [7, 11) is 0. The maximum atomic E-state index is 11.4. The molecular formula is C18H19NO5. The molecule has 1 aromatic rings. The van der Waals surface area contributed by atoms with E-state index in [-0.39, 0.29) is 19.8 Å². The fraction of sp³-hybridized carbons (Fsp3) is 0.278. The van der Waals surface area contributed by atoms with Crippen LogP contribution in [0.2, 0.25) is 0 Å². The van der Waals surface area contributed by atoms with Gasteiger partial charge in [0, 0.05) is 11.6 Å². The summed E-state index contributed by atoms with van der Waals surface area (Å²) in [6.45, 7) is 6.76. The number of nitrogens with zero attached hydrogens (tertiary/aromatic N) is 1. The molecule has 0 radical (unpaired) electrons. The molecule has 6 heteroatoms. The van der Waals surface area contributed by atoms with E-state index in [2.05, 4.69) is 6.58 Å². The Hall–Kier alpha value is -3.07. The van der Waals surface area contributed by atoms with Crippen molar-refractivity contribution >= 4 is 18.0 Å². The third-order valence-electron chi connectivity index (χ3n) is 2.86. The van der Waals surface area contributed by atoms with Crippen LogP contribution in [0.5, 0.6) is 5.75 Å². The molecule has 0 N–H and O–H groups in total. The number of nitriles is 1. The summed E-state index contributed by atoms with van der Waals surface area (Å²) >= 11 is 0. The second kappa shape index (κ2) is 9.85. The van der Waals surface area contributed by atoms with Crippen LogP contribution in [0.25, 0.3) is 6.08 Å². The Morgan fingerprint density at radius 3 is 2.71 bits per heavy atom. The molecule has 0 saturated carbocycles. The van der Waals surface area contributed by atoms with Crippen LogP contribution in [0.1, 0.15) is 24.5 Å². The van der Waals surface area contributed by atoms with Gasteiger partial charge in [0.1, 0.15) is 12.4 Å². The number of ether oxygens (including phenoxy) is 3. The van der Waals surface area contributed by atoms with Gasteiger partial charge in [-0.05, 0) is 43.2 Å². The number of carbonyl (C=O) groups excluding carboxylic acids is 2. The minimum Gasteiger partial charge on any atom is -0.461 e. The highest BCUT2D eigenvalue weighted by molar-refractivity contribution is 5.87. The Balaban J connectivity index is 2.55. The lowest BCUT2D eigenvalue weighted by molar-refractivity contribution is -0.145. The van der Waals surface area contributed by atoms with Crippen molar-refractivity contribution < 1.29 is 23.8 Å². The van der Waals surface area contributed by atoms with E-state index in [1.54, 1.807) is 31.2 Å². The fourth-order valence-electron chi connectivity index (χ4n) is 1.60. The van der Waals surface area contributed by atoms with Gasteiger partial charge in [0.2, 0.25) is 6.79 Å². The summed E-state index contributed by atoms with van der Waals surface area (Å²) in [6.07, 6.45) is 3.09. The van der Waals surface area contributed by atoms with Gasteiger partial charge in [-0.25, -0.2) is 9.59 Å². The highest BCUT2D eigenvalue weighted by Crippen LogP contribution is 2.18. The van der Waals surface area contributed by atoms with Crippen LogP contribution in [0, 0.1) is 18.3 Å². The van der Waals surface area contributed by atoms with E-state index >= 15 is 0 Å². The summed E-state index contributed by atoms with van der Waals surface area (Å²) in [5, 5.41) is 8.37. The van der Waals surface area contributed by atoms with Crippen molar-refractivity contribution in [3.05, 3.63) is 47.6 Å². The molecule has 6 nitrogen and oxygen atoms in total. The summed E-state index contributed by atoms with van der Waals surface area (Å²) in [5.41, 5.74) is 2.00. The normalized spacial score (nSPS) is 10.0. The number of esters is 2. The zero-order valence-electron chi connectivity index (χ0n) is 13.7. The lowest BCUT2D eigenvalue weighted by atomic mass is 10.1. The van der Waals surface area contributed by atoms with E-state index in [0.717, 1.165) is 11.1 Å². The van der Waals surface area contributed by atoms with Crippen molar-refractivity contribution in [2.75, 3.05) is 13.4 Å². The van der Waals surface area contributed by atoms with Crippen LogP contribution in [0.4, 0.5) is 0 Å². The molecule has 0 aromatic heterocycles. The summed E-state index contributed by atoms with van der Waals surface area (Å²) < 4.78 is 15.0. The van der Waals surface area contributed by atoms with Crippen molar-refractivity contribution in [2.24, 2.45) is 0 Å². The van der Waals surface area contributed by atoms with Crippen molar-refractivity contribution in [1.29, 1.82) is 5.26 Å². The van der Waals surface area contributed by atoms with Gasteiger partial charge >= 0.3 is 11.9 Å². The number of carbonyl (C=O) groups is 2. The minimum absolute atomic E-state index is 0.0777. The van der Waals surface area contributed by atoms with E-state index in [4.69, 9.17) is 19.5 Å². The summed E-state index contributed by atoms with van der Waals surface area (Å²) in [5.74, 6) is -0.478. The van der Waals surface area contributed by atoms with Gasteiger partial charge in [-0.15, -0.1) is 0 Å². The van der Waals surface area contributed by atoms with E-state index in [1.807, 2.05) is 13.0 Å². The highest BCUT2D eigenvalue weighted by Gasteiger charge is 2.04. The fourth-order valence-corrected chi connectivity index (χ4v) is 1.60. The third-order valence-corrected chi connectivity index (χ3v) is 2.86. The molecule has 0 amide bonds. The molecule has 0 heterocycles. The van der Waals surface area contributed by atoms with Crippen LogP contribution < -0.4 is 4.74 Å². The van der Waals surface area contributed by atoms with Gasteiger partial charge in [-0.3, -0.25) is 0 Å². The number of aryl methyl sites for hydroxylation is 1. The highest BCUT2D eigenvalue weighted by atomic mass is 16.7. The molecule has 1 aromatic carbocycles. The first-order valence-electron chi connectivity index (χ1n) is 7.22. The lowest BCUT2D eigenvalue weighted by Crippen LogP contribution is -2.10. The smallest absolute Gasteiger partial charge is 0.335 e. The third kappa shape index (κ3) is 6.79. The van der Waals surface area contributed by atoms with Crippen molar-refractivity contribution in [1.82, 2.24) is 0 Å². The monoisotopic (exact) mass is 329 g/mol. The van der Waals surface area contributed by atoms with Gasteiger partial charge in [-0.2, -0.15) is 5.26 Å². The van der Waals surface area contributed by atoms with E-state index in [1.165, 1.54) is 6.08 Å². The topological polar surface area (TPSA) is 85.6 Å². The van der Waals surface area contributed by atoms with E-state index in [0.29, 0.717) is 11.3 Å². The standard InChI is InChI=1S/C18H19NO5/c1-13(2)18(21)24-12-23-16-7-5-15(14(3)11-16)6-8-17(20)22-10-4-9-19/h5-8,11H,1,4,10,12H2,2-3H3/b8-6+. The van der Waals surface area contributed by atoms with Crippen LogP contribution in [0.15, 0.2) is 36.4 Å². The average molecular weight is 329 g/mol. The predicted molar refractivity (Wildman–Crippen MR) is 87.8 cm³/mol. The summed E-state index contributed by atoms with van der Waals surface area (Å²) in [4.78, 5) is 22.7. The van der Waals surface area contributed by atoms with Crippen LogP contribution in [-0.2, 0) is 19.1 Å². The molecule has 0 saturated heterocycles. The van der Waals surface area contributed by atoms with Crippen molar-refractivity contribution in [2.45, 2.75) is 20.3 Å². The molecule has 1 rings (SSSR count). The largest absolute Gasteiger partial charge is 0.461 e. The van der Waals surface area contributed by atoms with Gasteiger partial charge < -0.3 is 14.2 Å². The van der Waals surface area contributed by atoms with Crippen molar-refractivity contribution in [3.63, 3.8) is 0 Å². The maximum Gasteiger partial charge on any atom is 0.335 e. The van der Waals surface area contributed by atoms with Crippen LogP contribution >= 0.6 is 0 Å². The van der Waals surface area contributed by atoms with E-state index in [9.17, 15) is 9.59 Å². The number of rotatable bonds is 8. The Bertz CT molecular complexity index is 685. The zero-order chi connectivity index (χ0) is 17.9. The SMILES string of the molecule is C=C(C)C(=O)OCOc1ccc(/C=C/C(=O)OCCC#N)c(C)c1. The Morgan fingerprint density at radius 2 is 2.08 bits per heavy atom. The molecule has 0 unspecified atom stereocenters. The quantitative estimate of drug-likeness (QED) is 0.315. The molecule has 0 aliphatic heterocycles. The van der Waals surface area contributed by atoms with Crippen LogP contribution in [-0.4, -0.2) is 25.3 Å². The van der Waals surface area contributed by atoms with E-state index < -0.39 is 11.9 Å². The second-order valence-electron chi connectivity index (χ2n) is 4.90. The molecule has 0 fully saturated rings. The Morgan fingerprint density at radius 1 is 1.33 bits per heavy atom. The first-order valence-corrected chi connectivity index (χ1v) is 7.22. The molecule has 0 bridgehead atoms. The number of hydrogen-bond acceptors (Lipinski definition) is 6. The molecule has 0 aliphatic carbocycles. The first kappa shape index (κ1) is 19.0. The van der Waals surface area contributed by atoms with Gasteiger partial charge in [0.05, 0.1) is 12.5 Å². The molecule has 126 valence electrons. The zero-order valence-corrected chi connectivity index (χ0v) is 13.7. The minimum atomic E-state index is -0.513. The maximum absolute atomic E-state index is 11.4. The Labute approximate surface area is 140 Å². The molecule has 0 aliphatic rings. The van der Waals surface area contributed by atoms with Gasteiger partial charge in [0.15, 0.2) is 0 Å². The van der Waals surface area contributed by atoms with Crippen LogP contribution in [0.3, 0.4) is 0 Å². The van der Waals surface area contributed by atoms with Crippen molar-refractivity contribution in [3.8, 4) is 11.8 Å². The van der Waals surface area contributed by atoms with Gasteiger partial charge in [-0.1, -0.05) is 12.6 Å². The molecule has 0 atom stereocenters. The molecule has 0 spiro atoms. The predicted octanol–water partition coefficient (Wildman–Crippen LogP) is 2.92. The lowest BCUT2D eigenvalue weighted by Gasteiger charge is -2.09. The second-order valence-corrected chi connectivity index (χ2v) is 4.90. The number of benzene rings is 1. The summed E-state index contributed by atoms with van der Waals surface area (Å²) in [6, 6.07) is 7.11. The Kier molecular flexibility index (Phi) is 7.79. The molecular weight excluding hydrogens is 310 g/mol. The van der Waals surface area contributed by atoms with Gasteiger partial charge in [0.25, 0.3) is 0 Å².